The van der Waals surface area contributed by atoms with Gasteiger partial charge in [0.05, 0.1) is 4.90 Å². The molecule has 0 aliphatic heterocycles. The molecular weight excluding hydrogens is 352 g/mol. The van der Waals surface area contributed by atoms with Crippen LogP contribution in [0.15, 0.2) is 53.4 Å². The van der Waals surface area contributed by atoms with Crippen LogP contribution in [0.2, 0.25) is 0 Å². The number of amides is 1. The molecule has 0 spiro atoms. The predicted octanol–water partition coefficient (Wildman–Crippen LogP) is 2.81. The molecule has 0 atom stereocenters. The van der Waals surface area contributed by atoms with Crippen molar-refractivity contribution in [3.05, 3.63) is 65.2 Å². The van der Waals surface area contributed by atoms with E-state index in [-0.39, 0.29) is 16.1 Å². The summed E-state index contributed by atoms with van der Waals surface area (Å²) >= 11 is 0. The van der Waals surface area contributed by atoms with Gasteiger partial charge in [0.15, 0.2) is 5.78 Å². The third-order valence-electron chi connectivity index (χ3n) is 3.88. The smallest absolute Gasteiger partial charge is 0.266 e. The molecule has 6 nitrogen and oxygen atoms in total. The summed E-state index contributed by atoms with van der Waals surface area (Å²) in [5.41, 5.74) is 3.97. The number of hydrazine groups is 1. The fourth-order valence-corrected chi connectivity index (χ4v) is 3.07. The molecule has 138 valence electrons. The van der Waals surface area contributed by atoms with Gasteiger partial charge in [-0.3, -0.25) is 15.0 Å². The van der Waals surface area contributed by atoms with Crippen molar-refractivity contribution in [1.82, 2.24) is 10.3 Å². The van der Waals surface area contributed by atoms with Crippen LogP contribution in [0.3, 0.4) is 0 Å². The standard InChI is InChI=1S/C19H22N2O4S/c1-13(22)14-7-11-17(12-8-14)26(24,25)21-20-18(23)15-5-9-16(10-6-15)19(2,3)4/h5-12,21H,1-4H3,(H,20,23). The third kappa shape index (κ3) is 4.77. The van der Waals surface area contributed by atoms with Gasteiger partial charge < -0.3 is 0 Å². The van der Waals surface area contributed by atoms with Crippen molar-refractivity contribution >= 4 is 21.7 Å². The molecule has 2 N–H and O–H groups in total. The van der Waals surface area contributed by atoms with Gasteiger partial charge in [-0.05, 0) is 42.2 Å². The van der Waals surface area contributed by atoms with Crippen molar-refractivity contribution in [2.45, 2.75) is 38.0 Å². The molecule has 7 heteroatoms. The highest BCUT2D eigenvalue weighted by Gasteiger charge is 2.17. The third-order valence-corrected chi connectivity index (χ3v) is 5.15. The summed E-state index contributed by atoms with van der Waals surface area (Å²) < 4.78 is 24.4. The number of rotatable bonds is 5. The summed E-state index contributed by atoms with van der Waals surface area (Å²) in [4.78, 5) is 25.4. The Labute approximate surface area is 153 Å². The van der Waals surface area contributed by atoms with Gasteiger partial charge in [0.2, 0.25) is 0 Å². The monoisotopic (exact) mass is 374 g/mol. The number of carbonyl (C=O) groups excluding carboxylic acids is 2. The van der Waals surface area contributed by atoms with Crippen molar-refractivity contribution in [2.24, 2.45) is 0 Å². The Bertz CT molecular complexity index is 910. The highest BCUT2D eigenvalue weighted by Crippen LogP contribution is 2.22. The van der Waals surface area contributed by atoms with Gasteiger partial charge in [0.1, 0.15) is 0 Å². The average molecular weight is 374 g/mol. The molecule has 2 rings (SSSR count). The summed E-state index contributed by atoms with van der Waals surface area (Å²) in [6.45, 7) is 7.58. The molecule has 1 amide bonds. The largest absolute Gasteiger partial charge is 0.295 e. The number of hydrogen-bond donors (Lipinski definition) is 2. The lowest BCUT2D eigenvalue weighted by Crippen LogP contribution is -2.41. The second-order valence-electron chi connectivity index (χ2n) is 6.97. The van der Waals surface area contributed by atoms with Crippen LogP contribution in [0.4, 0.5) is 0 Å². The molecular formula is C19H22N2O4S. The van der Waals surface area contributed by atoms with Gasteiger partial charge >= 0.3 is 0 Å². The number of benzene rings is 2. The van der Waals surface area contributed by atoms with Crippen LogP contribution >= 0.6 is 0 Å². The molecule has 0 saturated carbocycles. The molecule has 0 saturated heterocycles. The van der Waals surface area contributed by atoms with Crippen molar-refractivity contribution in [3.8, 4) is 0 Å². The van der Waals surface area contributed by atoms with Gasteiger partial charge in [-0.1, -0.05) is 45.0 Å². The van der Waals surface area contributed by atoms with Gasteiger partial charge in [0, 0.05) is 11.1 Å². The van der Waals surface area contributed by atoms with Crippen LogP contribution in [0.5, 0.6) is 0 Å². The number of ketones is 1. The topological polar surface area (TPSA) is 92.3 Å². The van der Waals surface area contributed by atoms with Gasteiger partial charge in [-0.25, -0.2) is 8.42 Å². The number of sulfonamides is 1. The van der Waals surface area contributed by atoms with Crippen LogP contribution in [-0.2, 0) is 15.4 Å². The first-order chi connectivity index (χ1) is 12.0. The normalized spacial score (nSPS) is 11.8. The summed E-state index contributed by atoms with van der Waals surface area (Å²) in [6.07, 6.45) is 0. The molecule has 0 aromatic heterocycles. The lowest BCUT2D eigenvalue weighted by atomic mass is 9.87. The second kappa shape index (κ2) is 7.39. The van der Waals surface area contributed by atoms with Crippen molar-refractivity contribution in [1.29, 1.82) is 0 Å². The fraction of sp³-hybridized carbons (Fsp3) is 0.263. The lowest BCUT2D eigenvalue weighted by molar-refractivity contribution is 0.0944. The molecule has 0 aliphatic rings. The SMILES string of the molecule is CC(=O)c1ccc(S(=O)(=O)NNC(=O)c2ccc(C(C)(C)C)cc2)cc1. The van der Waals surface area contributed by atoms with E-state index in [1.54, 1.807) is 12.1 Å². The summed E-state index contributed by atoms with van der Waals surface area (Å²) in [5, 5.41) is 0. The lowest BCUT2D eigenvalue weighted by Gasteiger charge is -2.19. The molecule has 2 aromatic carbocycles. The second-order valence-corrected chi connectivity index (χ2v) is 8.65. The number of hydrogen-bond acceptors (Lipinski definition) is 4. The van der Waals surface area contributed by atoms with E-state index in [0.29, 0.717) is 11.1 Å². The molecule has 0 unspecified atom stereocenters. The molecule has 26 heavy (non-hydrogen) atoms. The first-order valence-electron chi connectivity index (χ1n) is 8.04. The summed E-state index contributed by atoms with van der Waals surface area (Å²) in [6, 6.07) is 12.4. The Kier molecular flexibility index (Phi) is 5.63. The number of carbonyl (C=O) groups is 2. The number of Topliss-reactive ketones (excluding diaryl/α,β-unsaturated/α-hetero) is 1. The van der Waals surface area contributed by atoms with Crippen LogP contribution < -0.4 is 10.3 Å². The van der Waals surface area contributed by atoms with E-state index >= 15 is 0 Å². The fourth-order valence-electron chi connectivity index (χ4n) is 2.24. The minimum absolute atomic E-state index is 0.0391. The van der Waals surface area contributed by atoms with Crippen molar-refractivity contribution in [2.75, 3.05) is 0 Å². The number of nitrogens with one attached hydrogen (secondary N) is 2. The maximum absolute atomic E-state index is 12.2. The quantitative estimate of drug-likeness (QED) is 0.622. The van der Waals surface area contributed by atoms with Gasteiger partial charge in [-0.2, -0.15) is 0 Å². The highest BCUT2D eigenvalue weighted by molar-refractivity contribution is 7.89. The molecule has 0 heterocycles. The average Bonchev–Trinajstić information content (AvgIpc) is 2.59. The van der Waals surface area contributed by atoms with Gasteiger partial charge in [-0.15, -0.1) is 4.83 Å². The first kappa shape index (κ1) is 19.8. The minimum Gasteiger partial charge on any atom is -0.295 e. The van der Waals surface area contributed by atoms with E-state index in [4.69, 9.17) is 0 Å². The molecule has 0 aliphatic carbocycles. The van der Waals surface area contributed by atoms with E-state index in [2.05, 4.69) is 31.0 Å². The maximum Gasteiger partial charge on any atom is 0.266 e. The Morgan fingerprint density at radius 2 is 1.35 bits per heavy atom. The molecule has 0 fully saturated rings. The predicted molar refractivity (Wildman–Crippen MR) is 99.4 cm³/mol. The first-order valence-corrected chi connectivity index (χ1v) is 9.53. The van der Waals surface area contributed by atoms with Gasteiger partial charge in [0.25, 0.3) is 15.9 Å². The zero-order valence-corrected chi connectivity index (χ0v) is 16.0. The van der Waals surface area contributed by atoms with Crippen LogP contribution in [0.1, 0.15) is 54.0 Å². The zero-order chi connectivity index (χ0) is 19.5. The van der Waals surface area contributed by atoms with Crippen molar-refractivity contribution < 1.29 is 18.0 Å². The van der Waals surface area contributed by atoms with E-state index in [0.717, 1.165) is 5.56 Å². The van der Waals surface area contributed by atoms with E-state index in [1.165, 1.54) is 31.2 Å². The minimum atomic E-state index is -3.93. The Balaban J connectivity index is 2.06. The van der Waals surface area contributed by atoms with E-state index in [9.17, 15) is 18.0 Å². The van der Waals surface area contributed by atoms with Crippen LogP contribution in [0.25, 0.3) is 0 Å². The Morgan fingerprint density at radius 1 is 0.846 bits per heavy atom. The molecule has 0 bridgehead atoms. The zero-order valence-electron chi connectivity index (χ0n) is 15.2. The summed E-state index contributed by atoms with van der Waals surface area (Å²) in [5.74, 6) is -0.719. The van der Waals surface area contributed by atoms with E-state index < -0.39 is 15.9 Å². The van der Waals surface area contributed by atoms with Crippen LogP contribution in [-0.4, -0.2) is 20.1 Å². The Morgan fingerprint density at radius 3 is 1.81 bits per heavy atom. The maximum atomic E-state index is 12.2. The highest BCUT2D eigenvalue weighted by atomic mass is 32.2. The summed E-state index contributed by atoms with van der Waals surface area (Å²) in [7, 11) is -3.93. The molecule has 2 aromatic rings. The van der Waals surface area contributed by atoms with E-state index in [1.807, 2.05) is 12.1 Å². The van der Waals surface area contributed by atoms with Crippen molar-refractivity contribution in [3.63, 3.8) is 0 Å². The molecule has 0 radical (unpaired) electrons. The Hall–Kier alpha value is -2.51. The van der Waals surface area contributed by atoms with Crippen LogP contribution in [0, 0.1) is 0 Å².